The summed E-state index contributed by atoms with van der Waals surface area (Å²) in [5, 5.41) is 36.2. The molecule has 0 aliphatic carbocycles. The number of unbranched alkanes of at least 4 members (excludes halogenated alkanes) is 9. The summed E-state index contributed by atoms with van der Waals surface area (Å²) in [5.74, 6) is -8.43. The number of cyclic esters (lactones) is 1. The Morgan fingerprint density at radius 1 is 0.672 bits per heavy atom. The van der Waals surface area contributed by atoms with Gasteiger partial charge in [0.15, 0.2) is 5.96 Å². The quantitative estimate of drug-likeness (QED) is 0.0268. The maximum atomic E-state index is 14.1. The maximum Gasteiger partial charge on any atom is 0.328 e. The minimum absolute atomic E-state index is 0.112. The van der Waals surface area contributed by atoms with E-state index in [2.05, 4.69) is 36.9 Å². The van der Waals surface area contributed by atoms with Crippen molar-refractivity contribution in [3.05, 3.63) is 0 Å². The SMILES string of the molecule is CC[C@@H](C)[C@@H]1NC(=O)[C@@H]([C@H](C)CC)NC(=O)[C@@H](NC(=O)CC(O)CCCCCCCCCCCCN=C(N)N)[C@@H](C)OC(=O)[C@@H](C)NC(=O)[C@@H](CC(N)=O)NC(=O)[C@@H]([C@@H](C)O)NC1=O. The first kappa shape index (κ1) is 57.0. The van der Waals surface area contributed by atoms with Gasteiger partial charge in [-0.25, -0.2) is 4.79 Å². The molecule has 0 radical (unpaired) electrons. The molecular formula is C43H78N10O11. The molecule has 1 rings (SSSR count). The predicted molar refractivity (Wildman–Crippen MR) is 239 cm³/mol. The summed E-state index contributed by atoms with van der Waals surface area (Å²) in [5.41, 5.74) is 16.0. The van der Waals surface area contributed by atoms with Gasteiger partial charge >= 0.3 is 5.97 Å². The van der Waals surface area contributed by atoms with Crippen LogP contribution in [0.25, 0.3) is 0 Å². The van der Waals surface area contributed by atoms with E-state index < -0.39 is 120 Å². The number of rotatable bonds is 23. The minimum atomic E-state index is -1.68. The second-order valence-corrected chi connectivity index (χ2v) is 17.1. The van der Waals surface area contributed by atoms with Crippen LogP contribution in [0.2, 0.25) is 0 Å². The second-order valence-electron chi connectivity index (χ2n) is 17.1. The molecule has 1 unspecified atom stereocenters. The van der Waals surface area contributed by atoms with E-state index in [1.807, 2.05) is 0 Å². The first-order valence-electron chi connectivity index (χ1n) is 22.8. The van der Waals surface area contributed by atoms with Crippen molar-refractivity contribution in [2.75, 3.05) is 6.54 Å². The molecule has 366 valence electrons. The fraction of sp³-hybridized carbons (Fsp3) is 0.791. The number of aliphatic hydroxyl groups is 2. The topological polar surface area (TPSA) is 349 Å². The monoisotopic (exact) mass is 911 g/mol. The van der Waals surface area contributed by atoms with E-state index in [4.69, 9.17) is 21.9 Å². The Hall–Kier alpha value is -5.05. The van der Waals surface area contributed by atoms with E-state index in [-0.39, 0.29) is 12.4 Å². The van der Waals surface area contributed by atoms with Crippen LogP contribution in [0, 0.1) is 11.8 Å². The molecule has 0 aromatic carbocycles. The summed E-state index contributed by atoms with van der Waals surface area (Å²) in [4.78, 5) is 111. The number of esters is 1. The van der Waals surface area contributed by atoms with Crippen molar-refractivity contribution in [1.29, 1.82) is 0 Å². The number of carbonyl (C=O) groups is 8. The molecule has 0 spiro atoms. The molecule has 7 amide bonds. The molecule has 14 N–H and O–H groups in total. The van der Waals surface area contributed by atoms with Gasteiger partial charge in [-0.15, -0.1) is 0 Å². The largest absolute Gasteiger partial charge is 0.458 e. The standard InChI is InChI=1S/C43H78N10O11/c1-8-24(3)33-38(59)51-34(25(4)9-2)39(60)53-35(27(6)54)40(61)49-30(23-31(44)56)37(58)48-26(5)42(63)64-28(7)36(41(62)52-33)50-32(57)22-29(55)20-18-16-14-12-10-11-13-15-17-19-21-47-43(45)46/h24-30,33-36,54-55H,8-23H2,1-7H3,(H2,44,56)(H,48,58)(H,49,61)(H,50,57)(H,51,59)(H,52,62)(H,53,60)(H4,45,46,47)/t24-,25-,26-,27-,28-,29?,30-,33-,34+,35-,36+/m1/s1. The van der Waals surface area contributed by atoms with E-state index in [0.29, 0.717) is 32.2 Å². The number of nitrogens with one attached hydrogen (secondary N) is 6. The van der Waals surface area contributed by atoms with Gasteiger partial charge in [0, 0.05) is 6.54 Å². The smallest absolute Gasteiger partial charge is 0.328 e. The average Bonchev–Trinajstić information content (AvgIpc) is 3.22. The van der Waals surface area contributed by atoms with E-state index in [9.17, 15) is 48.6 Å². The molecule has 1 saturated heterocycles. The highest BCUT2D eigenvalue weighted by Crippen LogP contribution is 2.16. The fourth-order valence-electron chi connectivity index (χ4n) is 7.00. The lowest BCUT2D eigenvalue weighted by molar-refractivity contribution is -0.155. The maximum absolute atomic E-state index is 14.1. The average molecular weight is 911 g/mol. The number of amides is 7. The third-order valence-electron chi connectivity index (χ3n) is 11.4. The third-order valence-corrected chi connectivity index (χ3v) is 11.4. The van der Waals surface area contributed by atoms with Crippen molar-refractivity contribution in [2.24, 2.45) is 34.0 Å². The summed E-state index contributed by atoms with van der Waals surface area (Å²) in [6, 6.07) is -8.96. The van der Waals surface area contributed by atoms with Gasteiger partial charge in [-0.1, -0.05) is 98.3 Å². The molecular weight excluding hydrogens is 833 g/mol. The molecule has 1 heterocycles. The number of nitrogens with two attached hydrogens (primary N) is 3. The van der Waals surface area contributed by atoms with Crippen LogP contribution in [0.5, 0.6) is 0 Å². The van der Waals surface area contributed by atoms with Crippen LogP contribution in [-0.2, 0) is 43.1 Å². The van der Waals surface area contributed by atoms with Crippen LogP contribution in [0.1, 0.15) is 145 Å². The lowest BCUT2D eigenvalue weighted by atomic mass is 9.94. The summed E-state index contributed by atoms with van der Waals surface area (Å²) < 4.78 is 5.56. The van der Waals surface area contributed by atoms with Crippen molar-refractivity contribution in [3.8, 4) is 0 Å². The Bertz CT molecular complexity index is 1560. The number of primary amides is 1. The van der Waals surface area contributed by atoms with E-state index in [1.165, 1.54) is 20.8 Å². The van der Waals surface area contributed by atoms with E-state index in [1.54, 1.807) is 27.7 Å². The first-order valence-corrected chi connectivity index (χ1v) is 22.8. The predicted octanol–water partition coefficient (Wildman–Crippen LogP) is -0.476. The highest BCUT2D eigenvalue weighted by Gasteiger charge is 2.39. The second kappa shape index (κ2) is 30.2. The number of aliphatic hydroxyl groups excluding tert-OH is 2. The van der Waals surface area contributed by atoms with Gasteiger partial charge in [0.25, 0.3) is 0 Å². The molecule has 0 saturated carbocycles. The highest BCUT2D eigenvalue weighted by molar-refractivity contribution is 5.98. The molecule has 11 atom stereocenters. The number of hydrogen-bond donors (Lipinski definition) is 11. The first-order chi connectivity index (χ1) is 30.1. The van der Waals surface area contributed by atoms with Crippen LogP contribution in [0.15, 0.2) is 4.99 Å². The summed E-state index contributed by atoms with van der Waals surface area (Å²) in [6.07, 6.45) is 6.07. The summed E-state index contributed by atoms with van der Waals surface area (Å²) in [6.45, 7) is 11.3. The Morgan fingerprint density at radius 2 is 1.14 bits per heavy atom. The van der Waals surface area contributed by atoms with E-state index in [0.717, 1.165) is 57.8 Å². The number of aliphatic imine (C=N–C) groups is 1. The Balaban J connectivity index is 3.28. The molecule has 21 heteroatoms. The zero-order chi connectivity index (χ0) is 48.5. The van der Waals surface area contributed by atoms with E-state index >= 15 is 0 Å². The number of hydrogen-bond acceptors (Lipinski definition) is 12. The zero-order valence-corrected chi connectivity index (χ0v) is 38.9. The Kier molecular flexibility index (Phi) is 26.8. The van der Waals surface area contributed by atoms with Crippen LogP contribution < -0.4 is 49.1 Å². The lowest BCUT2D eigenvalue weighted by Crippen LogP contribution is -2.63. The minimum Gasteiger partial charge on any atom is -0.458 e. The van der Waals surface area contributed by atoms with Crippen molar-refractivity contribution < 1.29 is 53.3 Å². The van der Waals surface area contributed by atoms with Gasteiger partial charge in [0.05, 0.1) is 25.0 Å². The van der Waals surface area contributed by atoms with Crippen LogP contribution in [0.4, 0.5) is 0 Å². The normalized spacial score (nSPS) is 24.9. The van der Waals surface area contributed by atoms with Gasteiger partial charge in [-0.3, -0.25) is 38.6 Å². The van der Waals surface area contributed by atoms with Crippen LogP contribution in [-0.4, -0.2) is 125 Å². The van der Waals surface area contributed by atoms with Crippen molar-refractivity contribution in [2.45, 2.75) is 199 Å². The molecule has 1 fully saturated rings. The molecule has 1 aliphatic rings. The van der Waals surface area contributed by atoms with Gasteiger partial charge in [-0.2, -0.15) is 0 Å². The third kappa shape index (κ3) is 21.6. The number of nitrogens with zero attached hydrogens (tertiary/aromatic N) is 1. The molecule has 0 aromatic rings. The molecule has 64 heavy (non-hydrogen) atoms. The molecule has 1 aliphatic heterocycles. The van der Waals surface area contributed by atoms with Gasteiger partial charge in [-0.05, 0) is 45.4 Å². The van der Waals surface area contributed by atoms with Gasteiger partial charge in [0.1, 0.15) is 42.4 Å². The summed E-state index contributed by atoms with van der Waals surface area (Å²) >= 11 is 0. The molecule has 0 bridgehead atoms. The van der Waals surface area contributed by atoms with Crippen LogP contribution in [0.3, 0.4) is 0 Å². The van der Waals surface area contributed by atoms with Crippen molar-refractivity contribution >= 4 is 53.3 Å². The molecule has 0 aromatic heterocycles. The molecule has 21 nitrogen and oxygen atoms in total. The fourth-order valence-corrected chi connectivity index (χ4v) is 7.00. The number of ether oxygens (including phenoxy) is 1. The van der Waals surface area contributed by atoms with Crippen molar-refractivity contribution in [3.63, 3.8) is 0 Å². The van der Waals surface area contributed by atoms with Gasteiger partial charge < -0.3 is 64.1 Å². The number of carbonyl (C=O) groups excluding carboxylic acids is 8. The summed E-state index contributed by atoms with van der Waals surface area (Å²) in [7, 11) is 0. The Morgan fingerprint density at radius 3 is 1.62 bits per heavy atom. The highest BCUT2D eigenvalue weighted by atomic mass is 16.5. The van der Waals surface area contributed by atoms with Gasteiger partial charge in [0.2, 0.25) is 41.4 Å². The van der Waals surface area contributed by atoms with Crippen LogP contribution >= 0.6 is 0 Å². The number of guanidine groups is 1. The zero-order valence-electron chi connectivity index (χ0n) is 38.9. The van der Waals surface area contributed by atoms with Crippen molar-refractivity contribution in [1.82, 2.24) is 31.9 Å². The Labute approximate surface area is 377 Å². The lowest BCUT2D eigenvalue weighted by Gasteiger charge is -2.32.